The van der Waals surface area contributed by atoms with Crippen LogP contribution in [0.5, 0.6) is 0 Å². The monoisotopic (exact) mass is 524 g/mol. The van der Waals surface area contributed by atoms with Gasteiger partial charge < -0.3 is 10.6 Å². The summed E-state index contributed by atoms with van der Waals surface area (Å²) in [5.41, 5.74) is 6.64. The van der Waals surface area contributed by atoms with Crippen LogP contribution in [0.25, 0.3) is 6.08 Å². The standard InChI is InChI=1S/C30H25BrN2O2/c1-20-6-5-9-27(21(20)2)33-28-8-4-3-7-26(28)30(35)32-25-17-13-23(14-18-25)29(34)19-12-22-10-15-24(31)16-11-22/h3-19,33H,1-2H3,(H,32,35)/b19-12+. The van der Waals surface area contributed by atoms with Crippen LogP contribution in [0.4, 0.5) is 17.1 Å². The fraction of sp³-hybridized carbons (Fsp3) is 0.0667. The molecule has 0 heterocycles. The highest BCUT2D eigenvalue weighted by molar-refractivity contribution is 9.10. The van der Waals surface area contributed by atoms with Crippen LogP contribution in [0.1, 0.15) is 37.4 Å². The van der Waals surface area contributed by atoms with Crippen molar-refractivity contribution in [3.8, 4) is 0 Å². The number of halogens is 1. The van der Waals surface area contributed by atoms with Gasteiger partial charge in [-0.1, -0.05) is 58.4 Å². The first kappa shape index (κ1) is 24.2. The number of para-hydroxylation sites is 1. The average Bonchev–Trinajstić information content (AvgIpc) is 2.87. The van der Waals surface area contributed by atoms with Crippen molar-refractivity contribution in [2.45, 2.75) is 13.8 Å². The number of allylic oxidation sites excluding steroid dienone is 1. The van der Waals surface area contributed by atoms with Gasteiger partial charge in [0.2, 0.25) is 0 Å². The van der Waals surface area contributed by atoms with E-state index in [1.165, 1.54) is 5.56 Å². The minimum Gasteiger partial charge on any atom is -0.355 e. The molecule has 0 aromatic heterocycles. The van der Waals surface area contributed by atoms with Gasteiger partial charge in [-0.2, -0.15) is 0 Å². The van der Waals surface area contributed by atoms with E-state index in [-0.39, 0.29) is 11.7 Å². The Hall–Kier alpha value is -3.96. The van der Waals surface area contributed by atoms with E-state index in [1.807, 2.05) is 54.6 Å². The Kier molecular flexibility index (Phi) is 7.58. The Balaban J connectivity index is 1.45. The van der Waals surface area contributed by atoms with Gasteiger partial charge in [-0.3, -0.25) is 9.59 Å². The van der Waals surface area contributed by atoms with Crippen LogP contribution in [0.3, 0.4) is 0 Å². The van der Waals surface area contributed by atoms with E-state index in [2.05, 4.69) is 46.5 Å². The molecule has 35 heavy (non-hydrogen) atoms. The van der Waals surface area contributed by atoms with Gasteiger partial charge in [0.05, 0.1) is 11.3 Å². The molecule has 2 N–H and O–H groups in total. The average molecular weight is 525 g/mol. The molecule has 4 nitrogen and oxygen atoms in total. The largest absolute Gasteiger partial charge is 0.355 e. The Morgan fingerprint density at radius 1 is 0.771 bits per heavy atom. The third-order valence-corrected chi connectivity index (χ3v) is 6.30. The number of amides is 1. The summed E-state index contributed by atoms with van der Waals surface area (Å²) < 4.78 is 0.988. The Morgan fingerprint density at radius 2 is 1.46 bits per heavy atom. The van der Waals surface area contributed by atoms with Crippen molar-refractivity contribution in [2.24, 2.45) is 0 Å². The summed E-state index contributed by atoms with van der Waals surface area (Å²) in [6.07, 6.45) is 3.33. The number of carbonyl (C=O) groups is 2. The Bertz CT molecular complexity index is 1390. The summed E-state index contributed by atoms with van der Waals surface area (Å²) in [6.45, 7) is 4.11. The van der Waals surface area contributed by atoms with E-state index in [4.69, 9.17) is 0 Å². The Labute approximate surface area is 213 Å². The topological polar surface area (TPSA) is 58.2 Å². The maximum absolute atomic E-state index is 13.0. The zero-order valence-corrected chi connectivity index (χ0v) is 21.1. The number of hydrogen-bond acceptors (Lipinski definition) is 3. The molecule has 4 aromatic carbocycles. The molecule has 0 saturated carbocycles. The van der Waals surface area contributed by atoms with Crippen molar-refractivity contribution in [2.75, 3.05) is 10.6 Å². The second-order valence-electron chi connectivity index (χ2n) is 8.20. The molecule has 1 amide bonds. The number of rotatable bonds is 7. The smallest absolute Gasteiger partial charge is 0.257 e. The van der Waals surface area contributed by atoms with Gasteiger partial charge in [0.1, 0.15) is 0 Å². The maximum Gasteiger partial charge on any atom is 0.257 e. The lowest BCUT2D eigenvalue weighted by Crippen LogP contribution is -2.14. The molecule has 0 aliphatic carbocycles. The van der Waals surface area contributed by atoms with Crippen molar-refractivity contribution >= 4 is 50.8 Å². The number of hydrogen-bond donors (Lipinski definition) is 2. The minimum atomic E-state index is -0.229. The zero-order chi connectivity index (χ0) is 24.8. The fourth-order valence-corrected chi connectivity index (χ4v) is 3.84. The highest BCUT2D eigenvalue weighted by Gasteiger charge is 2.13. The number of nitrogens with one attached hydrogen (secondary N) is 2. The highest BCUT2D eigenvalue weighted by Crippen LogP contribution is 2.26. The molecular formula is C30H25BrN2O2. The van der Waals surface area contributed by atoms with Crippen molar-refractivity contribution in [1.82, 2.24) is 0 Å². The minimum absolute atomic E-state index is 0.103. The number of carbonyl (C=O) groups excluding carboxylic acids is 2. The van der Waals surface area contributed by atoms with Gasteiger partial charge >= 0.3 is 0 Å². The molecule has 4 aromatic rings. The van der Waals surface area contributed by atoms with Crippen LogP contribution in [0.15, 0.2) is 102 Å². The van der Waals surface area contributed by atoms with E-state index in [1.54, 1.807) is 42.5 Å². The highest BCUT2D eigenvalue weighted by atomic mass is 79.9. The first-order chi connectivity index (χ1) is 16.9. The molecular weight excluding hydrogens is 500 g/mol. The molecule has 0 bridgehead atoms. The predicted octanol–water partition coefficient (Wildman–Crippen LogP) is 7.96. The normalized spacial score (nSPS) is 10.8. The third-order valence-electron chi connectivity index (χ3n) is 5.77. The van der Waals surface area contributed by atoms with Gasteiger partial charge in [0.15, 0.2) is 5.78 Å². The number of benzene rings is 4. The molecule has 174 valence electrons. The van der Waals surface area contributed by atoms with Crippen LogP contribution in [0.2, 0.25) is 0 Å². The van der Waals surface area contributed by atoms with Gasteiger partial charge in [0.25, 0.3) is 5.91 Å². The lowest BCUT2D eigenvalue weighted by molar-refractivity contribution is 0.102. The van der Waals surface area contributed by atoms with Crippen molar-refractivity contribution in [3.63, 3.8) is 0 Å². The van der Waals surface area contributed by atoms with E-state index < -0.39 is 0 Å². The molecule has 0 atom stereocenters. The van der Waals surface area contributed by atoms with Gasteiger partial charge in [0, 0.05) is 21.4 Å². The summed E-state index contributed by atoms with van der Waals surface area (Å²) in [5.74, 6) is -0.332. The third kappa shape index (κ3) is 6.14. The summed E-state index contributed by atoms with van der Waals surface area (Å²) >= 11 is 3.40. The van der Waals surface area contributed by atoms with E-state index in [0.717, 1.165) is 27.0 Å². The second-order valence-corrected chi connectivity index (χ2v) is 9.11. The second kappa shape index (κ2) is 11.0. The lowest BCUT2D eigenvalue weighted by atomic mass is 10.1. The number of ketones is 1. The summed E-state index contributed by atoms with van der Waals surface area (Å²) in [4.78, 5) is 25.6. The van der Waals surface area contributed by atoms with Crippen LogP contribution < -0.4 is 10.6 Å². The number of anilines is 3. The van der Waals surface area contributed by atoms with Crippen LogP contribution in [-0.2, 0) is 0 Å². The molecule has 0 aliphatic heterocycles. The molecule has 0 radical (unpaired) electrons. The molecule has 0 aliphatic rings. The molecule has 0 saturated heterocycles. The maximum atomic E-state index is 13.0. The van der Waals surface area contributed by atoms with E-state index >= 15 is 0 Å². The first-order valence-electron chi connectivity index (χ1n) is 11.2. The summed E-state index contributed by atoms with van der Waals surface area (Å²) in [5, 5.41) is 6.31. The van der Waals surface area contributed by atoms with Gasteiger partial charge in [-0.05, 0) is 91.2 Å². The van der Waals surface area contributed by atoms with Crippen LogP contribution >= 0.6 is 15.9 Å². The molecule has 4 rings (SSSR count). The van der Waals surface area contributed by atoms with E-state index in [0.29, 0.717) is 16.8 Å². The van der Waals surface area contributed by atoms with Gasteiger partial charge in [-0.25, -0.2) is 0 Å². The first-order valence-corrected chi connectivity index (χ1v) is 12.0. The fourth-order valence-electron chi connectivity index (χ4n) is 3.58. The van der Waals surface area contributed by atoms with Gasteiger partial charge in [-0.15, -0.1) is 0 Å². The molecule has 0 spiro atoms. The van der Waals surface area contributed by atoms with Crippen molar-refractivity contribution < 1.29 is 9.59 Å². The Morgan fingerprint density at radius 3 is 2.20 bits per heavy atom. The zero-order valence-electron chi connectivity index (χ0n) is 19.5. The molecule has 0 unspecified atom stereocenters. The summed E-state index contributed by atoms with van der Waals surface area (Å²) in [6, 6.07) is 28.1. The van der Waals surface area contributed by atoms with Crippen molar-refractivity contribution in [3.05, 3.63) is 129 Å². The predicted molar refractivity (Wildman–Crippen MR) is 148 cm³/mol. The quantitative estimate of drug-likeness (QED) is 0.190. The van der Waals surface area contributed by atoms with Crippen LogP contribution in [0, 0.1) is 13.8 Å². The number of aryl methyl sites for hydroxylation is 1. The van der Waals surface area contributed by atoms with Crippen LogP contribution in [-0.4, -0.2) is 11.7 Å². The molecule has 5 heteroatoms. The molecule has 0 fully saturated rings. The lowest BCUT2D eigenvalue weighted by Gasteiger charge is -2.15. The van der Waals surface area contributed by atoms with Crippen molar-refractivity contribution in [1.29, 1.82) is 0 Å². The SMILES string of the molecule is Cc1cccc(Nc2ccccc2C(=O)Nc2ccc(C(=O)/C=C/c3ccc(Br)cc3)cc2)c1C. The van der Waals surface area contributed by atoms with E-state index in [9.17, 15) is 9.59 Å². The summed E-state index contributed by atoms with van der Waals surface area (Å²) in [7, 11) is 0.